The van der Waals surface area contributed by atoms with Gasteiger partial charge in [-0.05, 0) is 59.9 Å². The van der Waals surface area contributed by atoms with Crippen LogP contribution in [0.15, 0.2) is 120 Å². The molecular weight excluding hydrogens is 492 g/mol. The predicted octanol–water partition coefficient (Wildman–Crippen LogP) is 6.92. The van der Waals surface area contributed by atoms with Gasteiger partial charge in [-0.1, -0.05) is 78.9 Å². The van der Waals surface area contributed by atoms with Crippen molar-refractivity contribution in [2.24, 2.45) is 5.92 Å². The lowest BCUT2D eigenvalue weighted by molar-refractivity contribution is 0.296. The Balaban J connectivity index is 1.31. The second-order valence-corrected chi connectivity index (χ2v) is 11.8. The lowest BCUT2D eigenvalue weighted by Gasteiger charge is -2.38. The number of sulfonamides is 1. The Labute approximate surface area is 224 Å². The highest BCUT2D eigenvalue weighted by Crippen LogP contribution is 2.51. The zero-order valence-electron chi connectivity index (χ0n) is 21.2. The quantitative estimate of drug-likeness (QED) is 0.268. The van der Waals surface area contributed by atoms with E-state index in [4.69, 9.17) is 4.74 Å². The normalized spacial score (nSPS) is 19.8. The van der Waals surface area contributed by atoms with Crippen molar-refractivity contribution < 1.29 is 13.2 Å². The Bertz CT molecular complexity index is 1570. The third kappa shape index (κ3) is 4.45. The van der Waals surface area contributed by atoms with Crippen LogP contribution in [0, 0.1) is 5.92 Å². The fraction of sp³-hybridized carbons (Fsp3) is 0.188. The fourth-order valence-corrected chi connectivity index (χ4v) is 6.81. The Morgan fingerprint density at radius 3 is 2.37 bits per heavy atom. The topological polar surface area (TPSA) is 58.6 Å². The van der Waals surface area contributed by atoms with Crippen LogP contribution in [0.5, 0.6) is 5.75 Å². The van der Waals surface area contributed by atoms with Crippen molar-refractivity contribution >= 4 is 21.4 Å². The van der Waals surface area contributed by atoms with Crippen LogP contribution in [0.25, 0.3) is 0 Å². The molecule has 0 bridgehead atoms. The van der Waals surface area contributed by atoms with Gasteiger partial charge >= 0.3 is 0 Å². The van der Waals surface area contributed by atoms with Gasteiger partial charge in [-0.3, -0.25) is 4.31 Å². The summed E-state index contributed by atoms with van der Waals surface area (Å²) in [7, 11) is -2.10. The van der Waals surface area contributed by atoms with E-state index in [1.807, 2.05) is 66.7 Å². The van der Waals surface area contributed by atoms with Crippen LogP contribution in [0.4, 0.5) is 11.4 Å². The van der Waals surface area contributed by atoms with E-state index in [1.54, 1.807) is 25.2 Å². The molecule has 0 radical (unpaired) electrons. The number of benzene rings is 4. The molecule has 3 atom stereocenters. The Morgan fingerprint density at radius 1 is 0.868 bits per heavy atom. The van der Waals surface area contributed by atoms with Crippen molar-refractivity contribution in [3.05, 3.63) is 132 Å². The Hall–Kier alpha value is -4.03. The molecule has 38 heavy (non-hydrogen) atoms. The number of allylic oxidation sites excluding steroid dienone is 2. The number of para-hydroxylation sites is 2. The summed E-state index contributed by atoms with van der Waals surface area (Å²) in [5, 5.41) is 3.73. The van der Waals surface area contributed by atoms with Crippen LogP contribution >= 0.6 is 0 Å². The SMILES string of the molecule is CN(c1ccccc1)S(=O)(=O)c1ccc2c(c1)C1C=CCC1C(c1ccccc1OCc1ccccc1)N2. The predicted molar refractivity (Wildman–Crippen MR) is 152 cm³/mol. The first-order chi connectivity index (χ1) is 18.5. The van der Waals surface area contributed by atoms with Crippen LogP contribution in [0.1, 0.15) is 35.1 Å². The van der Waals surface area contributed by atoms with Crippen LogP contribution in [-0.2, 0) is 16.6 Å². The van der Waals surface area contributed by atoms with E-state index in [9.17, 15) is 8.42 Å². The van der Waals surface area contributed by atoms with Crippen molar-refractivity contribution in [1.82, 2.24) is 0 Å². The molecule has 1 aliphatic carbocycles. The molecule has 0 saturated carbocycles. The lowest BCUT2D eigenvalue weighted by Crippen LogP contribution is -2.30. The minimum absolute atomic E-state index is 0.0453. The summed E-state index contributed by atoms with van der Waals surface area (Å²) in [6, 6.07) is 33.0. The maximum atomic E-state index is 13.5. The number of hydrogen-bond acceptors (Lipinski definition) is 4. The molecule has 6 rings (SSSR count). The second-order valence-electron chi connectivity index (χ2n) is 9.84. The van der Waals surface area contributed by atoms with Gasteiger partial charge in [0.05, 0.1) is 16.6 Å². The minimum Gasteiger partial charge on any atom is -0.489 e. The van der Waals surface area contributed by atoms with Gasteiger partial charge < -0.3 is 10.1 Å². The van der Waals surface area contributed by atoms with E-state index in [2.05, 4.69) is 35.7 Å². The molecule has 3 unspecified atom stereocenters. The molecule has 1 aliphatic heterocycles. The number of nitrogens with zero attached hydrogens (tertiary/aromatic N) is 1. The lowest BCUT2D eigenvalue weighted by atomic mass is 9.77. The number of hydrogen-bond donors (Lipinski definition) is 1. The molecule has 0 saturated heterocycles. The number of anilines is 2. The van der Waals surface area contributed by atoms with Crippen molar-refractivity contribution in [1.29, 1.82) is 0 Å². The monoisotopic (exact) mass is 522 g/mol. The third-order valence-electron chi connectivity index (χ3n) is 7.60. The van der Waals surface area contributed by atoms with E-state index in [-0.39, 0.29) is 17.9 Å². The highest BCUT2D eigenvalue weighted by Gasteiger charge is 2.39. The molecule has 0 spiro atoms. The second kappa shape index (κ2) is 10.0. The van der Waals surface area contributed by atoms with Gasteiger partial charge in [0, 0.05) is 24.2 Å². The molecule has 1 heterocycles. The van der Waals surface area contributed by atoms with E-state index >= 15 is 0 Å². The highest BCUT2D eigenvalue weighted by molar-refractivity contribution is 7.92. The van der Waals surface area contributed by atoms with E-state index in [0.29, 0.717) is 17.2 Å². The van der Waals surface area contributed by atoms with Crippen molar-refractivity contribution in [2.45, 2.75) is 29.9 Å². The van der Waals surface area contributed by atoms with Gasteiger partial charge in [0.1, 0.15) is 12.4 Å². The summed E-state index contributed by atoms with van der Waals surface area (Å²) in [6.45, 7) is 0.504. The van der Waals surface area contributed by atoms with E-state index in [1.165, 1.54) is 4.31 Å². The largest absolute Gasteiger partial charge is 0.489 e. The molecule has 0 amide bonds. The number of fused-ring (bicyclic) bond motifs is 3. The zero-order valence-corrected chi connectivity index (χ0v) is 22.0. The first-order valence-corrected chi connectivity index (χ1v) is 14.3. The first kappa shape index (κ1) is 24.3. The molecule has 4 aromatic carbocycles. The molecule has 0 fully saturated rings. The molecule has 2 aliphatic rings. The molecule has 6 heteroatoms. The van der Waals surface area contributed by atoms with Gasteiger partial charge in [-0.2, -0.15) is 0 Å². The first-order valence-electron chi connectivity index (χ1n) is 12.9. The van der Waals surface area contributed by atoms with Crippen molar-refractivity contribution in [3.63, 3.8) is 0 Å². The summed E-state index contributed by atoms with van der Waals surface area (Å²) >= 11 is 0. The van der Waals surface area contributed by atoms with Gasteiger partial charge in [-0.15, -0.1) is 0 Å². The standard InChI is InChI=1S/C32H30N2O3S/c1-34(24-13-6-3-7-14-24)38(35,36)25-19-20-30-29(21-25)26-16-10-17-27(26)32(33-30)28-15-8-9-18-31(28)37-22-23-11-4-2-5-12-23/h2-16,18-21,26-27,32-33H,17,22H2,1H3. The average molecular weight is 523 g/mol. The van der Waals surface area contributed by atoms with E-state index < -0.39 is 10.0 Å². The van der Waals surface area contributed by atoms with Gasteiger partial charge in [-0.25, -0.2) is 8.42 Å². The van der Waals surface area contributed by atoms with Gasteiger partial charge in [0.2, 0.25) is 0 Å². The molecule has 4 aromatic rings. The summed E-state index contributed by atoms with van der Waals surface area (Å²) in [5.74, 6) is 1.25. The van der Waals surface area contributed by atoms with Crippen LogP contribution < -0.4 is 14.4 Å². The summed E-state index contributed by atoms with van der Waals surface area (Å²) in [4.78, 5) is 0.300. The maximum absolute atomic E-state index is 13.5. The maximum Gasteiger partial charge on any atom is 0.264 e. The molecular formula is C32H30N2O3S. The number of nitrogens with one attached hydrogen (secondary N) is 1. The van der Waals surface area contributed by atoms with Crippen LogP contribution in [-0.4, -0.2) is 15.5 Å². The van der Waals surface area contributed by atoms with Crippen molar-refractivity contribution in [3.8, 4) is 5.75 Å². The van der Waals surface area contributed by atoms with Crippen LogP contribution in [0.3, 0.4) is 0 Å². The average Bonchev–Trinajstić information content (AvgIpc) is 3.47. The third-order valence-corrected chi connectivity index (χ3v) is 9.39. The van der Waals surface area contributed by atoms with Gasteiger partial charge in [0.15, 0.2) is 0 Å². The smallest absolute Gasteiger partial charge is 0.264 e. The Kier molecular flexibility index (Phi) is 6.42. The summed E-state index contributed by atoms with van der Waals surface area (Å²) in [6.07, 6.45) is 5.35. The fourth-order valence-electron chi connectivity index (χ4n) is 5.58. The number of rotatable bonds is 7. The Morgan fingerprint density at radius 2 is 1.58 bits per heavy atom. The molecule has 1 N–H and O–H groups in total. The van der Waals surface area contributed by atoms with Crippen molar-refractivity contribution in [2.75, 3.05) is 16.7 Å². The summed E-state index contributed by atoms with van der Waals surface area (Å²) < 4.78 is 34.6. The van der Waals surface area contributed by atoms with Gasteiger partial charge in [0.25, 0.3) is 10.0 Å². The highest BCUT2D eigenvalue weighted by atomic mass is 32.2. The number of ether oxygens (including phenoxy) is 1. The minimum atomic E-state index is -3.70. The molecule has 5 nitrogen and oxygen atoms in total. The molecule has 192 valence electrons. The van der Waals surface area contributed by atoms with Crippen LogP contribution in [0.2, 0.25) is 0 Å². The zero-order chi connectivity index (χ0) is 26.1. The summed E-state index contributed by atoms with van der Waals surface area (Å²) in [5.41, 5.74) is 4.86. The molecule has 0 aromatic heterocycles. The van der Waals surface area contributed by atoms with E-state index in [0.717, 1.165) is 34.5 Å².